The van der Waals surface area contributed by atoms with Crippen LogP contribution in [-0.4, -0.2) is 46.9 Å². The van der Waals surface area contributed by atoms with E-state index < -0.39 is 9.84 Å². The maximum Gasteiger partial charge on any atom is 0.222 e. The van der Waals surface area contributed by atoms with Crippen molar-refractivity contribution in [3.05, 3.63) is 36.7 Å². The highest BCUT2D eigenvalue weighted by molar-refractivity contribution is 7.90. The van der Waals surface area contributed by atoms with Crippen molar-refractivity contribution >= 4 is 33.1 Å². The van der Waals surface area contributed by atoms with E-state index in [9.17, 15) is 13.2 Å². The summed E-state index contributed by atoms with van der Waals surface area (Å²) in [5, 5.41) is 10.0. The number of amides is 1. The summed E-state index contributed by atoms with van der Waals surface area (Å²) in [5.74, 6) is 1.38. The molecule has 3 aromatic heterocycles. The number of pyridine rings is 2. The fourth-order valence-electron chi connectivity index (χ4n) is 3.01. The van der Waals surface area contributed by atoms with Crippen LogP contribution in [0.5, 0.6) is 5.75 Å². The molecule has 3 aromatic rings. The molecule has 0 atom stereocenters. The number of ether oxygens (including phenoxy) is 1. The van der Waals surface area contributed by atoms with E-state index in [0.717, 1.165) is 19.1 Å². The molecule has 0 unspecified atom stereocenters. The summed E-state index contributed by atoms with van der Waals surface area (Å²) in [6.07, 6.45) is 6.66. The Morgan fingerprint density at radius 1 is 1.25 bits per heavy atom. The predicted octanol–water partition coefficient (Wildman–Crippen LogP) is 2.77. The highest BCUT2D eigenvalue weighted by Crippen LogP contribution is 2.34. The van der Waals surface area contributed by atoms with Gasteiger partial charge < -0.3 is 15.4 Å². The van der Waals surface area contributed by atoms with Crippen molar-refractivity contribution in [3.8, 4) is 17.0 Å². The lowest BCUT2D eigenvalue weighted by atomic mass is 10.2. The van der Waals surface area contributed by atoms with Crippen LogP contribution in [0, 0.1) is 5.92 Å². The Morgan fingerprint density at radius 2 is 2.03 bits per heavy atom. The van der Waals surface area contributed by atoms with Crippen molar-refractivity contribution in [2.24, 2.45) is 13.0 Å². The molecule has 0 aromatic carbocycles. The van der Waals surface area contributed by atoms with Gasteiger partial charge in [-0.1, -0.05) is 0 Å². The standard InChI is InChI=1S/C21H24N6O4S/c1-13(28)23-19-10-17(18(11-22-19)31-12-14-4-5-14)24-20-8-15(16-6-7-27(2)26-16)9-21(25-20)32(3,29)30/h6-11,14H,4-5,12H2,1-3H3,(H2,22,23,24,25,28). The van der Waals surface area contributed by atoms with Crippen LogP contribution < -0.4 is 15.4 Å². The van der Waals surface area contributed by atoms with Gasteiger partial charge in [-0.25, -0.2) is 18.4 Å². The number of aryl methyl sites for hydroxylation is 1. The average Bonchev–Trinajstić information content (AvgIpc) is 3.44. The summed E-state index contributed by atoms with van der Waals surface area (Å²) in [7, 11) is -1.79. The number of aromatic nitrogens is 4. The molecule has 32 heavy (non-hydrogen) atoms. The van der Waals surface area contributed by atoms with E-state index in [2.05, 4.69) is 25.7 Å². The van der Waals surface area contributed by atoms with Crippen LogP contribution in [0.4, 0.5) is 17.3 Å². The predicted molar refractivity (Wildman–Crippen MR) is 120 cm³/mol. The third kappa shape index (κ3) is 5.41. The second kappa shape index (κ2) is 8.58. The molecule has 0 spiro atoms. The molecular formula is C21H24N6O4S. The van der Waals surface area contributed by atoms with Crippen LogP contribution in [0.15, 0.2) is 41.7 Å². The number of rotatable bonds is 8. The first kappa shape index (κ1) is 21.8. The van der Waals surface area contributed by atoms with E-state index in [1.807, 2.05) is 0 Å². The van der Waals surface area contributed by atoms with E-state index in [-0.39, 0.29) is 10.9 Å². The summed E-state index contributed by atoms with van der Waals surface area (Å²) in [6, 6.07) is 6.61. The molecule has 1 amide bonds. The third-order valence-corrected chi connectivity index (χ3v) is 5.77. The molecular weight excluding hydrogens is 432 g/mol. The second-order valence-corrected chi connectivity index (χ2v) is 9.81. The van der Waals surface area contributed by atoms with Crippen molar-refractivity contribution in [1.29, 1.82) is 0 Å². The minimum Gasteiger partial charge on any atom is -0.489 e. The highest BCUT2D eigenvalue weighted by atomic mass is 32.2. The van der Waals surface area contributed by atoms with Crippen LogP contribution >= 0.6 is 0 Å². The van der Waals surface area contributed by atoms with Gasteiger partial charge in [0.15, 0.2) is 20.6 Å². The molecule has 11 heteroatoms. The molecule has 4 rings (SSSR count). The van der Waals surface area contributed by atoms with Crippen molar-refractivity contribution in [2.75, 3.05) is 23.5 Å². The highest BCUT2D eigenvalue weighted by Gasteiger charge is 2.23. The van der Waals surface area contributed by atoms with Crippen molar-refractivity contribution in [1.82, 2.24) is 19.7 Å². The Morgan fingerprint density at radius 3 is 2.66 bits per heavy atom. The Labute approximate surface area is 186 Å². The summed E-state index contributed by atoms with van der Waals surface area (Å²) in [5.41, 5.74) is 1.72. The lowest BCUT2D eigenvalue weighted by molar-refractivity contribution is -0.114. The minimum absolute atomic E-state index is 0.0836. The zero-order valence-corrected chi connectivity index (χ0v) is 18.8. The number of hydrogen-bond acceptors (Lipinski definition) is 8. The zero-order valence-electron chi connectivity index (χ0n) is 18.0. The fourth-order valence-corrected chi connectivity index (χ4v) is 3.62. The first-order valence-corrected chi connectivity index (χ1v) is 12.0. The first-order valence-electron chi connectivity index (χ1n) is 10.1. The number of anilines is 3. The van der Waals surface area contributed by atoms with Crippen LogP contribution in [-0.2, 0) is 21.7 Å². The molecule has 168 valence electrons. The monoisotopic (exact) mass is 456 g/mol. The average molecular weight is 457 g/mol. The third-order valence-electron chi connectivity index (χ3n) is 4.80. The Bertz CT molecular complexity index is 1270. The molecule has 10 nitrogen and oxygen atoms in total. The fraction of sp³-hybridized carbons (Fsp3) is 0.333. The van der Waals surface area contributed by atoms with Gasteiger partial charge in [-0.3, -0.25) is 9.48 Å². The number of carbonyl (C=O) groups excluding carboxylic acids is 1. The van der Waals surface area contributed by atoms with E-state index in [4.69, 9.17) is 4.74 Å². The van der Waals surface area contributed by atoms with Gasteiger partial charge in [-0.05, 0) is 37.0 Å². The Kier molecular flexibility index (Phi) is 5.83. The number of nitrogens with zero attached hydrogens (tertiary/aromatic N) is 4. The molecule has 0 radical (unpaired) electrons. The molecule has 0 saturated heterocycles. The molecule has 0 bridgehead atoms. The van der Waals surface area contributed by atoms with Crippen molar-refractivity contribution < 1.29 is 17.9 Å². The number of sulfone groups is 1. The number of carbonyl (C=O) groups is 1. The van der Waals surface area contributed by atoms with Crippen LogP contribution in [0.3, 0.4) is 0 Å². The molecule has 3 heterocycles. The van der Waals surface area contributed by atoms with Gasteiger partial charge in [0.1, 0.15) is 11.6 Å². The van der Waals surface area contributed by atoms with E-state index >= 15 is 0 Å². The van der Waals surface area contributed by atoms with Gasteiger partial charge in [-0.2, -0.15) is 5.10 Å². The van der Waals surface area contributed by atoms with Crippen LogP contribution in [0.1, 0.15) is 19.8 Å². The lowest BCUT2D eigenvalue weighted by Crippen LogP contribution is -2.10. The largest absolute Gasteiger partial charge is 0.489 e. The SMILES string of the molecule is CC(=O)Nc1cc(Nc2cc(-c3ccn(C)n3)cc(S(C)(=O)=O)n2)c(OCC2CC2)cn1. The summed E-state index contributed by atoms with van der Waals surface area (Å²) >= 11 is 0. The molecule has 2 N–H and O–H groups in total. The number of hydrogen-bond donors (Lipinski definition) is 2. The van der Waals surface area contributed by atoms with E-state index in [0.29, 0.717) is 46.9 Å². The van der Waals surface area contributed by atoms with Gasteiger partial charge in [0, 0.05) is 38.1 Å². The summed E-state index contributed by atoms with van der Waals surface area (Å²) in [6.45, 7) is 1.95. The van der Waals surface area contributed by atoms with Gasteiger partial charge in [0.05, 0.1) is 24.2 Å². The number of nitrogens with one attached hydrogen (secondary N) is 2. The summed E-state index contributed by atoms with van der Waals surface area (Å²) in [4.78, 5) is 20.0. The van der Waals surface area contributed by atoms with Gasteiger partial charge in [0.25, 0.3) is 0 Å². The first-order chi connectivity index (χ1) is 15.2. The van der Waals surface area contributed by atoms with E-state index in [1.165, 1.54) is 19.2 Å². The van der Waals surface area contributed by atoms with Gasteiger partial charge >= 0.3 is 0 Å². The molecule has 1 saturated carbocycles. The Hall–Kier alpha value is -3.47. The topological polar surface area (TPSA) is 128 Å². The molecule has 0 aliphatic heterocycles. The maximum absolute atomic E-state index is 12.3. The molecule has 1 aliphatic rings. The summed E-state index contributed by atoms with van der Waals surface area (Å²) < 4.78 is 32.1. The molecule has 1 fully saturated rings. The molecule has 1 aliphatic carbocycles. The lowest BCUT2D eigenvalue weighted by Gasteiger charge is -2.15. The quantitative estimate of drug-likeness (QED) is 0.530. The minimum atomic E-state index is -3.57. The van der Waals surface area contributed by atoms with Gasteiger partial charge in [-0.15, -0.1) is 0 Å². The second-order valence-electron chi connectivity index (χ2n) is 7.85. The zero-order chi connectivity index (χ0) is 22.9. The maximum atomic E-state index is 12.3. The normalized spacial score (nSPS) is 13.6. The van der Waals surface area contributed by atoms with Gasteiger partial charge in [0.2, 0.25) is 5.91 Å². The van der Waals surface area contributed by atoms with Crippen LogP contribution in [0.2, 0.25) is 0 Å². The van der Waals surface area contributed by atoms with E-state index in [1.54, 1.807) is 36.1 Å². The van der Waals surface area contributed by atoms with Crippen molar-refractivity contribution in [2.45, 2.75) is 24.8 Å². The van der Waals surface area contributed by atoms with Crippen molar-refractivity contribution in [3.63, 3.8) is 0 Å². The smallest absolute Gasteiger partial charge is 0.222 e. The Balaban J connectivity index is 1.73. The van der Waals surface area contributed by atoms with Crippen LogP contribution in [0.25, 0.3) is 11.3 Å².